The second-order valence-electron chi connectivity index (χ2n) is 6.96. The first-order chi connectivity index (χ1) is 12.4. The van der Waals surface area contributed by atoms with E-state index in [0.29, 0.717) is 12.6 Å². The van der Waals surface area contributed by atoms with Gasteiger partial charge >= 0.3 is 0 Å². The maximum Gasteiger partial charge on any atom is 0.0992 e. The summed E-state index contributed by atoms with van der Waals surface area (Å²) in [4.78, 5) is 6.76. The molecule has 3 atom stereocenters. The lowest BCUT2D eigenvalue weighted by atomic mass is 10.1. The molecule has 25 heavy (non-hydrogen) atoms. The second-order valence-corrected chi connectivity index (χ2v) is 6.96. The molecule has 0 N–H and O–H groups in total. The van der Waals surface area contributed by atoms with E-state index >= 15 is 0 Å². The second kappa shape index (κ2) is 8.09. The fourth-order valence-electron chi connectivity index (χ4n) is 4.05. The van der Waals surface area contributed by atoms with Crippen molar-refractivity contribution in [1.82, 2.24) is 9.88 Å². The van der Waals surface area contributed by atoms with Crippen molar-refractivity contribution in [2.45, 2.75) is 44.1 Å². The monoisotopic (exact) mass is 338 g/mol. The number of rotatable bonds is 6. The molecule has 1 saturated carbocycles. The van der Waals surface area contributed by atoms with Crippen LogP contribution in [0.2, 0.25) is 0 Å². The van der Waals surface area contributed by atoms with Crippen molar-refractivity contribution in [2.75, 3.05) is 19.7 Å². The fourth-order valence-corrected chi connectivity index (χ4v) is 4.05. The van der Waals surface area contributed by atoms with Crippen molar-refractivity contribution in [3.8, 4) is 0 Å². The highest BCUT2D eigenvalue weighted by atomic mass is 16.5. The topological polar surface area (TPSA) is 34.6 Å². The van der Waals surface area contributed by atoms with Crippen LogP contribution in [0.15, 0.2) is 54.9 Å². The van der Waals surface area contributed by atoms with E-state index in [1.54, 1.807) is 6.20 Å². The number of benzene rings is 1. The van der Waals surface area contributed by atoms with Gasteiger partial charge in [0.25, 0.3) is 0 Å². The van der Waals surface area contributed by atoms with Gasteiger partial charge in [-0.25, -0.2) is 0 Å². The Hall–Kier alpha value is -1.75. The van der Waals surface area contributed by atoms with Crippen LogP contribution in [0.1, 0.15) is 24.0 Å². The van der Waals surface area contributed by atoms with Crippen LogP contribution in [-0.2, 0) is 22.5 Å². The Morgan fingerprint density at radius 3 is 2.80 bits per heavy atom. The molecular weight excluding hydrogens is 312 g/mol. The lowest BCUT2D eigenvalue weighted by Gasteiger charge is -2.39. The van der Waals surface area contributed by atoms with Crippen molar-refractivity contribution in [3.63, 3.8) is 0 Å². The molecule has 2 heterocycles. The molecule has 1 aliphatic carbocycles. The van der Waals surface area contributed by atoms with Gasteiger partial charge in [-0.2, -0.15) is 0 Å². The van der Waals surface area contributed by atoms with Gasteiger partial charge in [-0.3, -0.25) is 9.88 Å². The maximum absolute atomic E-state index is 6.18. The molecule has 2 fully saturated rings. The molecule has 132 valence electrons. The van der Waals surface area contributed by atoms with E-state index in [4.69, 9.17) is 9.47 Å². The van der Waals surface area contributed by atoms with Gasteiger partial charge in [0, 0.05) is 31.5 Å². The van der Waals surface area contributed by atoms with Gasteiger partial charge < -0.3 is 9.47 Å². The van der Waals surface area contributed by atoms with E-state index in [1.165, 1.54) is 5.56 Å². The van der Waals surface area contributed by atoms with Crippen molar-refractivity contribution in [2.24, 2.45) is 0 Å². The Morgan fingerprint density at radius 2 is 1.96 bits per heavy atom. The predicted octanol–water partition coefficient (Wildman–Crippen LogP) is 3.07. The first kappa shape index (κ1) is 16.7. The molecule has 0 amide bonds. The first-order valence-corrected chi connectivity index (χ1v) is 9.30. The number of hydrogen-bond acceptors (Lipinski definition) is 4. The number of fused-ring (bicyclic) bond motifs is 1. The van der Waals surface area contributed by atoms with Crippen LogP contribution in [0.3, 0.4) is 0 Å². The van der Waals surface area contributed by atoms with Gasteiger partial charge in [-0.1, -0.05) is 36.4 Å². The Labute approximate surface area is 149 Å². The molecule has 1 saturated heterocycles. The van der Waals surface area contributed by atoms with Gasteiger partial charge in [0.2, 0.25) is 0 Å². The minimum Gasteiger partial charge on any atom is -0.373 e. The maximum atomic E-state index is 6.18. The van der Waals surface area contributed by atoms with Crippen LogP contribution in [0.4, 0.5) is 0 Å². The van der Waals surface area contributed by atoms with E-state index in [0.717, 1.165) is 44.5 Å². The van der Waals surface area contributed by atoms with Crippen LogP contribution in [-0.4, -0.2) is 47.8 Å². The minimum atomic E-state index is 0.199. The number of pyridine rings is 1. The summed E-state index contributed by atoms with van der Waals surface area (Å²) >= 11 is 0. The van der Waals surface area contributed by atoms with Crippen molar-refractivity contribution < 1.29 is 9.47 Å². The van der Waals surface area contributed by atoms with Gasteiger partial charge in [-0.15, -0.1) is 0 Å². The smallest absolute Gasteiger partial charge is 0.0992 e. The van der Waals surface area contributed by atoms with E-state index in [9.17, 15) is 0 Å². The Bertz CT molecular complexity index is 649. The quantitative estimate of drug-likeness (QED) is 0.811. The molecule has 0 radical (unpaired) electrons. The fraction of sp³-hybridized carbons (Fsp3) is 0.476. The lowest BCUT2D eigenvalue weighted by molar-refractivity contribution is -0.116. The average Bonchev–Trinajstić information content (AvgIpc) is 3.10. The molecular formula is C21H26N2O2. The largest absolute Gasteiger partial charge is 0.373 e. The summed E-state index contributed by atoms with van der Waals surface area (Å²) in [5, 5.41) is 0. The summed E-state index contributed by atoms with van der Waals surface area (Å²) < 4.78 is 12.3. The van der Waals surface area contributed by atoms with Crippen LogP contribution < -0.4 is 0 Å². The zero-order valence-electron chi connectivity index (χ0n) is 14.6. The van der Waals surface area contributed by atoms with Crippen LogP contribution in [0, 0.1) is 0 Å². The highest BCUT2D eigenvalue weighted by Gasteiger charge is 2.43. The predicted molar refractivity (Wildman–Crippen MR) is 97.3 cm³/mol. The van der Waals surface area contributed by atoms with Gasteiger partial charge in [-0.05, 0) is 36.5 Å². The van der Waals surface area contributed by atoms with E-state index in [1.807, 2.05) is 12.3 Å². The zero-order valence-corrected chi connectivity index (χ0v) is 14.6. The summed E-state index contributed by atoms with van der Waals surface area (Å²) in [5.74, 6) is 0. The molecule has 4 heteroatoms. The van der Waals surface area contributed by atoms with Crippen LogP contribution in [0.5, 0.6) is 0 Å². The third kappa shape index (κ3) is 4.09. The van der Waals surface area contributed by atoms with E-state index in [2.05, 4.69) is 46.3 Å². The Kier molecular flexibility index (Phi) is 5.40. The van der Waals surface area contributed by atoms with Crippen molar-refractivity contribution in [3.05, 3.63) is 66.0 Å². The molecule has 1 aromatic carbocycles. The molecule has 4 rings (SSSR count). The summed E-state index contributed by atoms with van der Waals surface area (Å²) in [7, 11) is 0. The van der Waals surface area contributed by atoms with Crippen molar-refractivity contribution >= 4 is 0 Å². The zero-order chi connectivity index (χ0) is 16.9. The molecule has 2 aliphatic rings. The molecule has 4 nitrogen and oxygen atoms in total. The first-order valence-electron chi connectivity index (χ1n) is 9.30. The normalized spacial score (nSPS) is 26.5. The molecule has 0 spiro atoms. The van der Waals surface area contributed by atoms with E-state index in [-0.39, 0.29) is 12.2 Å². The molecule has 1 aromatic heterocycles. The van der Waals surface area contributed by atoms with Crippen molar-refractivity contribution in [1.29, 1.82) is 0 Å². The van der Waals surface area contributed by atoms with Crippen LogP contribution in [0.25, 0.3) is 0 Å². The molecule has 0 unspecified atom stereocenters. The van der Waals surface area contributed by atoms with Crippen LogP contribution >= 0.6 is 0 Å². The van der Waals surface area contributed by atoms with E-state index < -0.39 is 0 Å². The third-order valence-electron chi connectivity index (χ3n) is 5.37. The lowest BCUT2D eigenvalue weighted by Crippen LogP contribution is -2.52. The number of nitrogens with zero attached hydrogens (tertiary/aromatic N) is 2. The number of morpholine rings is 1. The molecule has 2 aromatic rings. The number of hydrogen-bond donors (Lipinski definition) is 0. The summed E-state index contributed by atoms with van der Waals surface area (Å²) in [6.45, 7) is 3.56. The standard InChI is InChI=1S/C21H26N2O2/c1-2-5-17(6-3-1)10-12-23-13-14-24-21-19(23)8-9-20(21)25-16-18-7-4-11-22-15-18/h1-7,11,15,19-21H,8-10,12-14,16H2/t19-,20-,21+/m1/s1. The highest BCUT2D eigenvalue weighted by molar-refractivity contribution is 5.15. The summed E-state index contributed by atoms with van der Waals surface area (Å²) in [6.07, 6.45) is 7.43. The summed E-state index contributed by atoms with van der Waals surface area (Å²) in [5.41, 5.74) is 2.54. The molecule has 0 bridgehead atoms. The Balaban J connectivity index is 1.32. The average molecular weight is 338 g/mol. The highest BCUT2D eigenvalue weighted by Crippen LogP contribution is 2.32. The minimum absolute atomic E-state index is 0.199. The third-order valence-corrected chi connectivity index (χ3v) is 5.37. The number of aromatic nitrogens is 1. The molecule has 1 aliphatic heterocycles. The van der Waals surface area contributed by atoms with Gasteiger partial charge in [0.05, 0.1) is 25.4 Å². The Morgan fingerprint density at radius 1 is 1.08 bits per heavy atom. The summed E-state index contributed by atoms with van der Waals surface area (Å²) in [6, 6.07) is 15.3. The van der Waals surface area contributed by atoms with Gasteiger partial charge in [0.15, 0.2) is 0 Å². The van der Waals surface area contributed by atoms with Gasteiger partial charge in [0.1, 0.15) is 0 Å². The SMILES string of the molecule is c1ccc(CCN2CCO[C@H]3[C@H]2CC[C@H]3OCc2cccnc2)cc1. The number of ether oxygens (including phenoxy) is 2.